The minimum absolute atomic E-state index is 0.255. The number of benzene rings is 4. The van der Waals surface area contributed by atoms with Crippen LogP contribution in [0.3, 0.4) is 0 Å². The van der Waals surface area contributed by atoms with Gasteiger partial charge < -0.3 is 28.4 Å². The van der Waals surface area contributed by atoms with Crippen molar-refractivity contribution in [2.45, 2.75) is 44.1 Å². The summed E-state index contributed by atoms with van der Waals surface area (Å²) in [6, 6.07) is 33.2. The predicted molar refractivity (Wildman–Crippen MR) is 169 cm³/mol. The van der Waals surface area contributed by atoms with Crippen molar-refractivity contribution in [2.24, 2.45) is 0 Å². The van der Waals surface area contributed by atoms with E-state index in [-0.39, 0.29) is 11.1 Å². The first kappa shape index (κ1) is 33.1. The van der Waals surface area contributed by atoms with Crippen LogP contribution in [-0.2, 0) is 28.4 Å². The molecule has 1 aliphatic rings. The van der Waals surface area contributed by atoms with Crippen molar-refractivity contribution in [1.29, 1.82) is 0 Å². The lowest BCUT2D eigenvalue weighted by Crippen LogP contribution is -2.49. The first-order chi connectivity index (χ1) is 22.7. The molecule has 10 heteroatoms. The molecule has 0 amide bonds. The SMILES string of the molecule is CC1(C)O[C@@H]([C@H](COC(=O)c2ccccc2)OC(=O)c2ccccc2)[C@@H]([C@H](COC(=O)c2ccccc2)OC(=O)c2ccccc2)O1. The molecule has 1 saturated heterocycles. The van der Waals surface area contributed by atoms with Crippen LogP contribution in [-0.4, -0.2) is 67.3 Å². The molecule has 0 aliphatic carbocycles. The maximum absolute atomic E-state index is 13.3. The van der Waals surface area contributed by atoms with Gasteiger partial charge in [0.1, 0.15) is 25.4 Å². The molecule has 4 aromatic carbocycles. The molecule has 0 saturated carbocycles. The summed E-state index contributed by atoms with van der Waals surface area (Å²) in [5.41, 5.74) is 1.10. The van der Waals surface area contributed by atoms with Crippen molar-refractivity contribution in [3.8, 4) is 0 Å². The number of hydrogen-bond donors (Lipinski definition) is 0. The first-order valence-corrected chi connectivity index (χ1v) is 15.0. The summed E-state index contributed by atoms with van der Waals surface area (Å²) in [6.45, 7) is 2.43. The summed E-state index contributed by atoms with van der Waals surface area (Å²) in [7, 11) is 0. The summed E-state index contributed by atoms with van der Waals surface area (Å²) in [6.07, 6.45) is -4.73. The molecule has 0 radical (unpaired) electrons. The highest BCUT2D eigenvalue weighted by atomic mass is 16.8. The van der Waals surface area contributed by atoms with Gasteiger partial charge >= 0.3 is 23.9 Å². The molecule has 0 N–H and O–H groups in total. The third-order valence-corrected chi connectivity index (χ3v) is 7.21. The minimum Gasteiger partial charge on any atom is -0.458 e. The van der Waals surface area contributed by atoms with E-state index in [0.717, 1.165) is 0 Å². The summed E-state index contributed by atoms with van der Waals surface area (Å²) in [4.78, 5) is 52.4. The zero-order chi connectivity index (χ0) is 33.2. The second-order valence-electron chi connectivity index (χ2n) is 11.1. The van der Waals surface area contributed by atoms with E-state index in [1.165, 1.54) is 0 Å². The highest BCUT2D eigenvalue weighted by molar-refractivity contribution is 5.91. The van der Waals surface area contributed by atoms with Crippen LogP contribution in [0.1, 0.15) is 55.3 Å². The van der Waals surface area contributed by atoms with Gasteiger partial charge in [0.15, 0.2) is 18.0 Å². The Kier molecular flexibility index (Phi) is 10.8. The first-order valence-electron chi connectivity index (χ1n) is 15.0. The highest BCUT2D eigenvalue weighted by Gasteiger charge is 2.52. The molecule has 0 spiro atoms. The lowest BCUT2D eigenvalue weighted by Gasteiger charge is -2.30. The largest absolute Gasteiger partial charge is 0.458 e. The van der Waals surface area contributed by atoms with E-state index >= 15 is 0 Å². The van der Waals surface area contributed by atoms with Gasteiger partial charge in [-0.05, 0) is 62.4 Å². The third kappa shape index (κ3) is 8.90. The molecule has 1 fully saturated rings. The van der Waals surface area contributed by atoms with Crippen molar-refractivity contribution in [2.75, 3.05) is 13.2 Å². The average Bonchev–Trinajstić information content (AvgIpc) is 3.44. The number of carbonyl (C=O) groups excluding carboxylic acids is 4. The van der Waals surface area contributed by atoms with Crippen LogP contribution < -0.4 is 0 Å². The average molecular weight is 639 g/mol. The van der Waals surface area contributed by atoms with Crippen molar-refractivity contribution in [1.82, 2.24) is 0 Å². The second-order valence-corrected chi connectivity index (χ2v) is 11.1. The molecule has 0 unspecified atom stereocenters. The van der Waals surface area contributed by atoms with Gasteiger partial charge in [-0.25, -0.2) is 19.2 Å². The van der Waals surface area contributed by atoms with Crippen LogP contribution in [0.5, 0.6) is 0 Å². The lowest BCUT2D eigenvalue weighted by atomic mass is 10.0. The van der Waals surface area contributed by atoms with Crippen LogP contribution in [0.25, 0.3) is 0 Å². The maximum atomic E-state index is 13.3. The summed E-state index contributed by atoms with van der Waals surface area (Å²) in [5, 5.41) is 0. The van der Waals surface area contributed by atoms with E-state index in [0.29, 0.717) is 11.1 Å². The summed E-state index contributed by atoms with van der Waals surface area (Å²) < 4.78 is 35.5. The Morgan fingerprint density at radius 1 is 0.511 bits per heavy atom. The van der Waals surface area contributed by atoms with E-state index in [1.54, 1.807) is 135 Å². The van der Waals surface area contributed by atoms with Crippen molar-refractivity contribution >= 4 is 23.9 Å². The lowest BCUT2D eigenvalue weighted by molar-refractivity contribution is -0.164. The highest BCUT2D eigenvalue weighted by Crippen LogP contribution is 2.35. The third-order valence-electron chi connectivity index (χ3n) is 7.21. The van der Waals surface area contributed by atoms with Gasteiger partial charge in [-0.3, -0.25) is 0 Å². The number of carbonyl (C=O) groups is 4. The van der Waals surface area contributed by atoms with Gasteiger partial charge in [-0.15, -0.1) is 0 Å². The van der Waals surface area contributed by atoms with Crippen molar-refractivity contribution in [3.63, 3.8) is 0 Å². The Balaban J connectivity index is 1.44. The fourth-order valence-electron chi connectivity index (χ4n) is 4.97. The van der Waals surface area contributed by atoms with Crippen molar-refractivity contribution < 1.29 is 47.6 Å². The summed E-state index contributed by atoms with van der Waals surface area (Å²) >= 11 is 0. The smallest absolute Gasteiger partial charge is 0.338 e. The molecule has 4 aromatic rings. The van der Waals surface area contributed by atoms with E-state index in [2.05, 4.69) is 0 Å². The second kappa shape index (κ2) is 15.3. The zero-order valence-electron chi connectivity index (χ0n) is 25.9. The Morgan fingerprint density at radius 2 is 0.787 bits per heavy atom. The van der Waals surface area contributed by atoms with Gasteiger partial charge in [0.05, 0.1) is 22.3 Å². The Labute approximate surface area is 272 Å². The quantitative estimate of drug-likeness (QED) is 0.142. The van der Waals surface area contributed by atoms with Gasteiger partial charge in [0, 0.05) is 0 Å². The van der Waals surface area contributed by atoms with Crippen molar-refractivity contribution in [3.05, 3.63) is 144 Å². The van der Waals surface area contributed by atoms with Crippen LogP contribution >= 0.6 is 0 Å². The molecule has 1 heterocycles. The van der Waals surface area contributed by atoms with E-state index < -0.39 is 67.3 Å². The molecule has 0 aromatic heterocycles. The molecule has 4 atom stereocenters. The molecule has 242 valence electrons. The molecule has 0 bridgehead atoms. The molecule has 1 aliphatic heterocycles. The van der Waals surface area contributed by atoms with E-state index in [9.17, 15) is 19.2 Å². The molecular weight excluding hydrogens is 604 g/mol. The molecule has 5 rings (SSSR count). The fraction of sp³-hybridized carbons (Fsp3) is 0.243. The number of esters is 4. The monoisotopic (exact) mass is 638 g/mol. The Morgan fingerprint density at radius 3 is 1.09 bits per heavy atom. The zero-order valence-corrected chi connectivity index (χ0v) is 25.9. The van der Waals surface area contributed by atoms with Gasteiger partial charge in [-0.2, -0.15) is 0 Å². The number of ether oxygens (including phenoxy) is 6. The van der Waals surface area contributed by atoms with Gasteiger partial charge in [0.25, 0.3) is 0 Å². The minimum atomic E-state index is -1.27. The summed E-state index contributed by atoms with van der Waals surface area (Å²) in [5.74, 6) is -3.97. The predicted octanol–water partition coefficient (Wildman–Crippen LogP) is 5.67. The van der Waals surface area contributed by atoms with Gasteiger partial charge in [0.2, 0.25) is 0 Å². The van der Waals surface area contributed by atoms with Crippen LogP contribution in [0, 0.1) is 0 Å². The van der Waals surface area contributed by atoms with E-state index in [1.807, 2.05) is 0 Å². The topological polar surface area (TPSA) is 124 Å². The Hall–Kier alpha value is -5.32. The molecule has 47 heavy (non-hydrogen) atoms. The molecular formula is C37H34O10. The number of rotatable bonds is 12. The van der Waals surface area contributed by atoms with Crippen LogP contribution in [0.2, 0.25) is 0 Å². The van der Waals surface area contributed by atoms with E-state index in [4.69, 9.17) is 28.4 Å². The van der Waals surface area contributed by atoms with Gasteiger partial charge in [-0.1, -0.05) is 72.8 Å². The normalized spacial score (nSPS) is 17.9. The fourth-order valence-corrected chi connectivity index (χ4v) is 4.97. The van der Waals surface area contributed by atoms with Crippen LogP contribution in [0.4, 0.5) is 0 Å². The number of hydrogen-bond acceptors (Lipinski definition) is 10. The standard InChI is InChI=1S/C37H34O10/c1-37(2)46-31(29(44-35(40)27-19-11-5-12-20-27)23-42-33(38)25-15-7-3-8-16-25)32(47-37)30(45-36(41)28-21-13-6-14-22-28)24-43-34(39)26-17-9-4-10-18-26/h3-22,29-32H,23-24H2,1-2H3/t29-,30-,31-,32+/m0/s1. The molecule has 10 nitrogen and oxygen atoms in total. The maximum Gasteiger partial charge on any atom is 0.338 e. The Bertz CT molecular complexity index is 1520. The van der Waals surface area contributed by atoms with Crippen LogP contribution in [0.15, 0.2) is 121 Å².